The molecule has 0 saturated heterocycles. The van der Waals surface area contributed by atoms with E-state index in [1.807, 2.05) is 6.92 Å². The van der Waals surface area contributed by atoms with Gasteiger partial charge in [0.15, 0.2) is 11.5 Å². The number of hydrogen-bond donors (Lipinski definition) is 5. The molecule has 14 heteroatoms. The quantitative estimate of drug-likeness (QED) is 0.0334. The van der Waals surface area contributed by atoms with Gasteiger partial charge in [0.1, 0.15) is 11.5 Å². The maximum atomic E-state index is 13.0. The van der Waals surface area contributed by atoms with Crippen LogP contribution >= 0.6 is 0 Å². The Morgan fingerprint density at radius 3 is 2.33 bits per heavy atom. The number of unbranched alkanes of at least 4 members (excludes halogenated alkanes) is 2. The molecular weight excluding hydrogens is 590 g/mol. The molecule has 0 aliphatic carbocycles. The van der Waals surface area contributed by atoms with Gasteiger partial charge in [-0.2, -0.15) is 0 Å². The minimum atomic E-state index is -1.42. The van der Waals surface area contributed by atoms with E-state index in [-0.39, 0.29) is 42.5 Å². The molecule has 0 fully saturated rings. The van der Waals surface area contributed by atoms with Crippen molar-refractivity contribution in [1.82, 2.24) is 15.7 Å². The number of hydrogen-bond acceptors (Lipinski definition) is 9. The number of carbonyl (C=O) groups is 6. The van der Waals surface area contributed by atoms with Gasteiger partial charge >= 0.3 is 11.9 Å². The van der Waals surface area contributed by atoms with Crippen LogP contribution in [-0.2, 0) is 19.2 Å². The van der Waals surface area contributed by atoms with Crippen LogP contribution in [0.25, 0.3) is 11.3 Å². The number of carboxylic acids is 2. The Morgan fingerprint density at radius 2 is 1.73 bits per heavy atom. The molecule has 14 nitrogen and oxygen atoms in total. The molecule has 0 aliphatic rings. The largest absolute Gasteiger partial charge is 0.494 e. The van der Waals surface area contributed by atoms with Gasteiger partial charge in [-0.3, -0.25) is 34.0 Å². The number of Topliss-reactive ketones (excluding diaryl/α,β-unsaturated/α-hetero) is 1. The van der Waals surface area contributed by atoms with E-state index < -0.39 is 60.3 Å². The van der Waals surface area contributed by atoms with E-state index in [0.717, 1.165) is 19.3 Å². The summed E-state index contributed by atoms with van der Waals surface area (Å²) in [5.41, 5.74) is 0.429. The van der Waals surface area contributed by atoms with Crippen molar-refractivity contribution in [3.63, 3.8) is 0 Å². The maximum Gasteiger partial charge on any atom is 0.307 e. The third-order valence-corrected chi connectivity index (χ3v) is 7.15. The Hall–Kier alpha value is -4.72. The molecule has 0 saturated carbocycles. The van der Waals surface area contributed by atoms with Crippen LogP contribution in [0, 0.1) is 11.8 Å². The molecule has 246 valence electrons. The van der Waals surface area contributed by atoms with Gasteiger partial charge in [0.05, 0.1) is 37.6 Å². The first kappa shape index (κ1) is 36.5. The molecular formula is C31H41N3O11. The fourth-order valence-electron chi connectivity index (χ4n) is 4.84. The number of aliphatic carboxylic acids is 2. The second-order valence-electron chi connectivity index (χ2n) is 10.4. The number of carboxylic acid groups (broad SMARTS) is 2. The van der Waals surface area contributed by atoms with Crippen molar-refractivity contribution in [3.8, 4) is 17.1 Å². The van der Waals surface area contributed by atoms with Gasteiger partial charge < -0.3 is 30.0 Å². The molecule has 0 radical (unpaired) electrons. The van der Waals surface area contributed by atoms with Gasteiger partial charge in [0.25, 0.3) is 5.91 Å². The molecule has 1 aromatic carbocycles. The number of hydroxylamine groups is 2. The molecule has 45 heavy (non-hydrogen) atoms. The van der Waals surface area contributed by atoms with Crippen molar-refractivity contribution in [2.75, 3.05) is 13.3 Å². The number of carbonyl (C=O) groups excluding carboxylic acids is 4. The summed E-state index contributed by atoms with van der Waals surface area (Å²) in [5.74, 6) is -6.17. The van der Waals surface area contributed by atoms with Crippen LogP contribution in [0.15, 0.2) is 34.7 Å². The fraction of sp³-hybridized carbons (Fsp3) is 0.484. The summed E-state index contributed by atoms with van der Waals surface area (Å²) in [5, 5.41) is 34.0. The highest BCUT2D eigenvalue weighted by molar-refractivity contribution is 6.00. The summed E-state index contributed by atoms with van der Waals surface area (Å²) in [4.78, 5) is 72.3. The van der Waals surface area contributed by atoms with Crippen molar-refractivity contribution in [1.29, 1.82) is 0 Å². The Labute approximate surface area is 260 Å². The van der Waals surface area contributed by atoms with Crippen LogP contribution in [0.3, 0.4) is 0 Å². The second-order valence-corrected chi connectivity index (χ2v) is 10.4. The molecule has 0 bridgehead atoms. The average molecular weight is 632 g/mol. The zero-order chi connectivity index (χ0) is 33.5. The van der Waals surface area contributed by atoms with Crippen LogP contribution in [0.2, 0.25) is 0 Å². The zero-order valence-electron chi connectivity index (χ0n) is 25.6. The predicted octanol–water partition coefficient (Wildman–Crippen LogP) is 3.72. The highest BCUT2D eigenvalue weighted by atomic mass is 16.5. The lowest BCUT2D eigenvalue weighted by Crippen LogP contribution is -2.47. The Bertz CT molecular complexity index is 1340. The van der Waals surface area contributed by atoms with Crippen molar-refractivity contribution in [2.24, 2.45) is 11.8 Å². The van der Waals surface area contributed by atoms with E-state index in [1.165, 1.54) is 24.3 Å². The molecule has 0 unspecified atom stereocenters. The summed E-state index contributed by atoms with van der Waals surface area (Å²) >= 11 is 0. The lowest BCUT2D eigenvalue weighted by molar-refractivity contribution is -0.168. The molecule has 0 spiro atoms. The number of ether oxygens (including phenoxy) is 1. The van der Waals surface area contributed by atoms with Crippen molar-refractivity contribution in [2.45, 2.75) is 71.8 Å². The summed E-state index contributed by atoms with van der Waals surface area (Å²) in [6, 6.07) is 6.57. The van der Waals surface area contributed by atoms with Gasteiger partial charge in [-0.15, -0.1) is 0 Å². The first-order valence-electron chi connectivity index (χ1n) is 14.8. The Morgan fingerprint density at radius 1 is 1.00 bits per heavy atom. The minimum absolute atomic E-state index is 0.0765. The zero-order valence-corrected chi connectivity index (χ0v) is 25.6. The third kappa shape index (κ3) is 11.1. The number of nitrogens with one attached hydrogen (secondary N) is 2. The number of amides is 3. The normalized spacial score (nSPS) is 12.8. The van der Waals surface area contributed by atoms with Gasteiger partial charge in [0, 0.05) is 17.5 Å². The van der Waals surface area contributed by atoms with Crippen LogP contribution in [-0.4, -0.2) is 75.7 Å². The average Bonchev–Trinajstić information content (AvgIpc) is 3.50. The maximum absolute atomic E-state index is 13.0. The number of benzene rings is 1. The summed E-state index contributed by atoms with van der Waals surface area (Å²) in [6.45, 7) is 5.51. The third-order valence-electron chi connectivity index (χ3n) is 7.15. The van der Waals surface area contributed by atoms with Gasteiger partial charge in [0.2, 0.25) is 12.3 Å². The van der Waals surface area contributed by atoms with Crippen LogP contribution in [0.5, 0.6) is 5.75 Å². The van der Waals surface area contributed by atoms with E-state index in [1.54, 1.807) is 19.9 Å². The van der Waals surface area contributed by atoms with E-state index in [0.29, 0.717) is 23.5 Å². The summed E-state index contributed by atoms with van der Waals surface area (Å²) in [7, 11) is 0. The lowest BCUT2D eigenvalue weighted by atomic mass is 9.90. The molecule has 3 atom stereocenters. The molecule has 2 aromatic rings. The van der Waals surface area contributed by atoms with Crippen LogP contribution in [0.4, 0.5) is 0 Å². The topological polar surface area (TPSA) is 213 Å². The van der Waals surface area contributed by atoms with E-state index in [4.69, 9.17) is 14.3 Å². The predicted molar refractivity (Wildman–Crippen MR) is 160 cm³/mol. The lowest BCUT2D eigenvalue weighted by Gasteiger charge is -2.29. The smallest absolute Gasteiger partial charge is 0.307 e. The first-order chi connectivity index (χ1) is 21.4. The number of rotatable bonds is 21. The molecule has 5 N–H and O–H groups in total. The molecule has 0 aliphatic heterocycles. The number of furan rings is 1. The molecule has 1 heterocycles. The van der Waals surface area contributed by atoms with E-state index in [9.17, 15) is 39.1 Å². The Balaban J connectivity index is 2.16. The van der Waals surface area contributed by atoms with Gasteiger partial charge in [-0.1, -0.05) is 33.1 Å². The summed E-state index contributed by atoms with van der Waals surface area (Å²) in [6.07, 6.45) is 2.32. The second kappa shape index (κ2) is 18.2. The molecule has 3 amide bonds. The highest BCUT2D eigenvalue weighted by Gasteiger charge is 2.31. The van der Waals surface area contributed by atoms with Gasteiger partial charge in [-0.05, 0) is 50.1 Å². The van der Waals surface area contributed by atoms with Crippen LogP contribution < -0.4 is 15.4 Å². The molecule has 1 aromatic heterocycles. The van der Waals surface area contributed by atoms with Crippen molar-refractivity contribution in [3.05, 3.63) is 41.7 Å². The first-order valence-corrected chi connectivity index (χ1v) is 14.8. The minimum Gasteiger partial charge on any atom is -0.494 e. The highest BCUT2D eigenvalue weighted by Crippen LogP contribution is 2.29. The van der Waals surface area contributed by atoms with E-state index >= 15 is 0 Å². The van der Waals surface area contributed by atoms with Crippen LogP contribution in [0.1, 0.15) is 86.6 Å². The number of nitrogens with zero attached hydrogens (tertiary/aromatic N) is 1. The fourth-order valence-corrected chi connectivity index (χ4v) is 4.84. The Kier molecular flexibility index (Phi) is 14.7. The number of ketones is 1. The summed E-state index contributed by atoms with van der Waals surface area (Å²) < 4.78 is 11.2. The SMILES string of the molecule is CCCCC[C@@H](C(=O)NCNC(=O)c1ccc(-c2cc(OCC)cc(C(=O)C[C@H](CC(=O)O)C(=O)O)c2)o1)[C@@H](CC)N(O)C=O. The van der Waals surface area contributed by atoms with Crippen molar-refractivity contribution >= 4 is 35.9 Å². The standard InChI is InChI=1S/C31H41N3O11/c1-4-7-8-9-23(24(5-2)34(43)18-35)29(39)32-17-33-30(40)27-11-10-26(45-27)20-12-19(13-22(14-20)44-6-3)25(36)15-21(31(41)42)16-28(37)38/h10-14,18,21,23-24,43H,4-9,15-17H2,1-3H3,(H,32,39)(H,33,40)(H,37,38)(H,41,42)/t21-,23-,24-/m1/s1. The van der Waals surface area contributed by atoms with E-state index in [2.05, 4.69) is 10.6 Å². The monoisotopic (exact) mass is 631 g/mol. The van der Waals surface area contributed by atoms with Crippen molar-refractivity contribution < 1.29 is 53.3 Å². The molecule has 2 rings (SSSR count). The van der Waals surface area contributed by atoms with Gasteiger partial charge in [-0.25, -0.2) is 5.06 Å².